The molecule has 2 heterocycles. The molecule has 3 rings (SSSR count). The quantitative estimate of drug-likeness (QED) is 0.369. The maximum Gasteiger partial charge on any atom is 0.287 e. The van der Waals surface area contributed by atoms with Gasteiger partial charge in [-0.15, -0.1) is 0 Å². The van der Waals surface area contributed by atoms with Crippen LogP contribution in [-0.2, 0) is 6.54 Å². The molecule has 1 saturated heterocycles. The number of aryl methyl sites for hydroxylation is 1. The van der Waals surface area contributed by atoms with Gasteiger partial charge in [0.2, 0.25) is 0 Å². The van der Waals surface area contributed by atoms with Crippen LogP contribution in [0.2, 0.25) is 0 Å². The summed E-state index contributed by atoms with van der Waals surface area (Å²) in [7, 11) is 3.24. The van der Waals surface area contributed by atoms with Gasteiger partial charge < -0.3 is 24.7 Å². The van der Waals surface area contributed by atoms with Gasteiger partial charge in [0.25, 0.3) is 5.91 Å². The Hall–Kier alpha value is -3.07. The monoisotopic (exact) mass is 445 g/mol. The van der Waals surface area contributed by atoms with Gasteiger partial charge in [-0.05, 0) is 37.1 Å². The maximum atomic E-state index is 13.9. The Morgan fingerprint density at radius 1 is 1.19 bits per heavy atom. The highest BCUT2D eigenvalue weighted by Crippen LogP contribution is 2.19. The number of halogens is 1. The van der Waals surface area contributed by atoms with Crippen LogP contribution in [-0.4, -0.2) is 75.1 Å². The predicted molar refractivity (Wildman–Crippen MR) is 122 cm³/mol. The van der Waals surface area contributed by atoms with Crippen LogP contribution in [0.1, 0.15) is 28.1 Å². The van der Waals surface area contributed by atoms with E-state index in [0.29, 0.717) is 25.4 Å². The minimum atomic E-state index is -0.330. The molecular weight excluding hydrogens is 413 g/mol. The van der Waals surface area contributed by atoms with E-state index in [1.165, 1.54) is 19.4 Å². The Morgan fingerprint density at radius 2 is 1.94 bits per heavy atom. The van der Waals surface area contributed by atoms with Gasteiger partial charge in [-0.25, -0.2) is 4.39 Å². The van der Waals surface area contributed by atoms with Gasteiger partial charge in [-0.2, -0.15) is 0 Å². The summed E-state index contributed by atoms with van der Waals surface area (Å²) in [6.07, 6.45) is 2.29. The topological polar surface area (TPSA) is 82.3 Å². The van der Waals surface area contributed by atoms with Crippen molar-refractivity contribution in [1.29, 1.82) is 0 Å². The van der Waals surface area contributed by atoms with Crippen LogP contribution in [0.25, 0.3) is 0 Å². The lowest BCUT2D eigenvalue weighted by Gasteiger charge is -2.36. The van der Waals surface area contributed by atoms with Crippen LogP contribution >= 0.6 is 0 Å². The lowest BCUT2D eigenvalue weighted by molar-refractivity contribution is 0.0925. The summed E-state index contributed by atoms with van der Waals surface area (Å²) in [6, 6.07) is 6.89. The van der Waals surface area contributed by atoms with E-state index in [2.05, 4.69) is 25.4 Å². The molecule has 1 fully saturated rings. The fourth-order valence-corrected chi connectivity index (χ4v) is 3.69. The van der Waals surface area contributed by atoms with E-state index in [1.54, 1.807) is 19.2 Å². The lowest BCUT2D eigenvalue weighted by Crippen LogP contribution is -2.52. The molecule has 0 radical (unpaired) electrons. The minimum Gasteiger partial charge on any atom is -0.494 e. The standard InChI is InChI=1S/C23H32FN5O3/c1-17-7-14-32-21(17)22(30)26-8-4-9-27-23(25-2)29-12-10-28(11-13-29)16-18-5-6-20(31-3)19(24)15-18/h5-7,14-15H,4,8-13,16H2,1-3H3,(H,25,27)(H,26,30). The second kappa shape index (κ2) is 11.5. The predicted octanol–water partition coefficient (Wildman–Crippen LogP) is 2.25. The normalized spacial score (nSPS) is 15.0. The number of carbonyl (C=O) groups is 1. The number of nitrogens with zero attached hydrogens (tertiary/aromatic N) is 3. The van der Waals surface area contributed by atoms with Crippen LogP contribution in [0.3, 0.4) is 0 Å². The summed E-state index contributed by atoms with van der Waals surface area (Å²) in [5.41, 5.74) is 1.77. The van der Waals surface area contributed by atoms with Crippen molar-refractivity contribution in [3.05, 3.63) is 53.2 Å². The highest BCUT2D eigenvalue weighted by Gasteiger charge is 2.20. The SMILES string of the molecule is CN=C(NCCCNC(=O)c1occc1C)N1CCN(Cc2ccc(OC)c(F)c2)CC1. The second-order valence-electron chi connectivity index (χ2n) is 7.75. The Labute approximate surface area is 188 Å². The zero-order chi connectivity index (χ0) is 22.9. The van der Waals surface area contributed by atoms with Gasteiger partial charge in [-0.3, -0.25) is 14.7 Å². The Kier molecular flexibility index (Phi) is 8.49. The lowest BCUT2D eigenvalue weighted by atomic mass is 10.2. The number of hydrogen-bond acceptors (Lipinski definition) is 5. The van der Waals surface area contributed by atoms with Crippen LogP contribution in [0.15, 0.2) is 39.9 Å². The van der Waals surface area contributed by atoms with Crippen molar-refractivity contribution in [3.63, 3.8) is 0 Å². The first-order chi connectivity index (χ1) is 15.5. The summed E-state index contributed by atoms with van der Waals surface area (Å²) in [4.78, 5) is 21.0. The maximum absolute atomic E-state index is 13.9. The Balaban J connectivity index is 1.36. The third-order valence-corrected chi connectivity index (χ3v) is 5.50. The van der Waals surface area contributed by atoms with Crippen molar-refractivity contribution >= 4 is 11.9 Å². The molecule has 1 aliphatic heterocycles. The number of carbonyl (C=O) groups excluding carboxylic acids is 1. The molecule has 9 heteroatoms. The van der Waals surface area contributed by atoms with Crippen molar-refractivity contribution < 1.29 is 18.3 Å². The fraction of sp³-hybridized carbons (Fsp3) is 0.478. The van der Waals surface area contributed by atoms with Crippen LogP contribution < -0.4 is 15.4 Å². The molecule has 1 aliphatic rings. The molecule has 1 aromatic carbocycles. The summed E-state index contributed by atoms with van der Waals surface area (Å²) >= 11 is 0. The number of amides is 1. The van der Waals surface area contributed by atoms with Gasteiger partial charge in [0.05, 0.1) is 13.4 Å². The summed E-state index contributed by atoms with van der Waals surface area (Å²) < 4.78 is 24.1. The summed E-state index contributed by atoms with van der Waals surface area (Å²) in [5.74, 6) is 0.968. The van der Waals surface area contributed by atoms with Crippen molar-refractivity contribution in [3.8, 4) is 5.75 Å². The molecule has 0 aliphatic carbocycles. The number of ether oxygens (including phenoxy) is 1. The van der Waals surface area contributed by atoms with E-state index in [-0.39, 0.29) is 17.5 Å². The number of nitrogens with one attached hydrogen (secondary N) is 2. The van der Waals surface area contributed by atoms with Crippen LogP contribution in [0, 0.1) is 12.7 Å². The average molecular weight is 446 g/mol. The third-order valence-electron chi connectivity index (χ3n) is 5.50. The molecule has 0 spiro atoms. The largest absolute Gasteiger partial charge is 0.494 e. The highest BCUT2D eigenvalue weighted by molar-refractivity contribution is 5.92. The van der Waals surface area contributed by atoms with Crippen molar-refractivity contribution in [1.82, 2.24) is 20.4 Å². The first-order valence-corrected chi connectivity index (χ1v) is 10.8. The Morgan fingerprint density at radius 3 is 2.56 bits per heavy atom. The molecule has 2 aromatic rings. The molecule has 0 atom stereocenters. The molecule has 8 nitrogen and oxygen atoms in total. The van der Waals surface area contributed by atoms with Gasteiger partial charge >= 0.3 is 0 Å². The zero-order valence-corrected chi connectivity index (χ0v) is 19.0. The number of benzene rings is 1. The number of aliphatic imine (C=N–C) groups is 1. The van der Waals surface area contributed by atoms with E-state index in [1.807, 2.05) is 13.0 Å². The van der Waals surface area contributed by atoms with Crippen LogP contribution in [0.5, 0.6) is 5.75 Å². The summed E-state index contributed by atoms with van der Waals surface area (Å²) in [5, 5.41) is 6.23. The fourth-order valence-electron chi connectivity index (χ4n) is 3.69. The van der Waals surface area contributed by atoms with Crippen LogP contribution in [0.4, 0.5) is 4.39 Å². The average Bonchev–Trinajstić information content (AvgIpc) is 3.23. The van der Waals surface area contributed by atoms with E-state index in [0.717, 1.165) is 49.7 Å². The molecule has 174 valence electrons. The highest BCUT2D eigenvalue weighted by atomic mass is 19.1. The molecule has 1 amide bonds. The van der Waals surface area contributed by atoms with Gasteiger partial charge in [0.15, 0.2) is 23.3 Å². The molecule has 32 heavy (non-hydrogen) atoms. The first kappa shape index (κ1) is 23.6. The number of furan rings is 1. The molecule has 0 unspecified atom stereocenters. The van der Waals surface area contributed by atoms with Gasteiger partial charge in [-0.1, -0.05) is 6.07 Å². The van der Waals surface area contributed by atoms with Crippen molar-refractivity contribution in [2.75, 3.05) is 53.4 Å². The van der Waals surface area contributed by atoms with E-state index in [4.69, 9.17) is 9.15 Å². The van der Waals surface area contributed by atoms with Gasteiger partial charge in [0, 0.05) is 58.4 Å². The number of guanidine groups is 1. The molecule has 0 bridgehead atoms. The summed E-state index contributed by atoms with van der Waals surface area (Å²) in [6.45, 7) is 7.22. The number of piperazine rings is 1. The smallest absolute Gasteiger partial charge is 0.287 e. The number of methoxy groups -OCH3 is 1. The number of rotatable bonds is 8. The third kappa shape index (κ3) is 6.23. The zero-order valence-electron chi connectivity index (χ0n) is 19.0. The molecule has 0 saturated carbocycles. The van der Waals surface area contributed by atoms with Crippen molar-refractivity contribution in [2.24, 2.45) is 4.99 Å². The molecule has 2 N–H and O–H groups in total. The van der Waals surface area contributed by atoms with E-state index < -0.39 is 0 Å². The van der Waals surface area contributed by atoms with Gasteiger partial charge in [0.1, 0.15) is 0 Å². The second-order valence-corrected chi connectivity index (χ2v) is 7.75. The minimum absolute atomic E-state index is 0.190. The van der Waals surface area contributed by atoms with Crippen molar-refractivity contribution in [2.45, 2.75) is 19.9 Å². The Bertz CT molecular complexity index is 922. The van der Waals surface area contributed by atoms with E-state index >= 15 is 0 Å². The number of hydrogen-bond donors (Lipinski definition) is 2. The molecular formula is C23H32FN5O3. The van der Waals surface area contributed by atoms with E-state index in [9.17, 15) is 9.18 Å². The molecule has 1 aromatic heterocycles. The first-order valence-electron chi connectivity index (χ1n) is 10.8.